The normalized spacial score (nSPS) is 12.8. The van der Waals surface area contributed by atoms with E-state index in [0.29, 0.717) is 12.3 Å². The molecule has 0 spiro atoms. The Bertz CT molecular complexity index is 93.1. The number of hydrogen-bond acceptors (Lipinski definition) is 2. The van der Waals surface area contributed by atoms with Crippen molar-refractivity contribution in [1.82, 2.24) is 0 Å². The summed E-state index contributed by atoms with van der Waals surface area (Å²) in [5, 5.41) is 0. The van der Waals surface area contributed by atoms with Crippen molar-refractivity contribution in [2.75, 3.05) is 5.88 Å². The van der Waals surface area contributed by atoms with Crippen LogP contribution in [0.5, 0.6) is 0 Å². The van der Waals surface area contributed by atoms with Crippen LogP contribution in [0.2, 0.25) is 0 Å². The van der Waals surface area contributed by atoms with E-state index in [1.807, 2.05) is 0 Å². The third-order valence-corrected chi connectivity index (χ3v) is 1.27. The minimum Gasteiger partial charge on any atom is -0.461 e. The summed E-state index contributed by atoms with van der Waals surface area (Å²) in [6.45, 7) is 3.52. The van der Waals surface area contributed by atoms with Crippen molar-refractivity contribution in [1.29, 1.82) is 0 Å². The number of alkyl halides is 1. The van der Waals surface area contributed by atoms with Gasteiger partial charge in [-0.25, -0.2) is 0 Å². The Morgan fingerprint density at radius 2 is 2.33 bits per heavy atom. The van der Waals surface area contributed by atoms with Crippen LogP contribution < -0.4 is 0 Å². The average Bonchev–Trinajstić information content (AvgIpc) is 1.87. The maximum atomic E-state index is 10.5. The van der Waals surface area contributed by atoms with Crippen molar-refractivity contribution in [2.45, 2.75) is 26.4 Å². The molecule has 1 unspecified atom stereocenters. The van der Waals surface area contributed by atoms with Gasteiger partial charge in [-0.3, -0.25) is 4.79 Å². The number of hydrogen-bond donors (Lipinski definition) is 0. The number of rotatable bonds is 3. The van der Waals surface area contributed by atoms with Gasteiger partial charge in [0.2, 0.25) is 0 Å². The molecule has 0 fully saturated rings. The van der Waals surface area contributed by atoms with Gasteiger partial charge < -0.3 is 4.74 Å². The molecule has 0 radical (unpaired) electrons. The molecule has 0 aliphatic heterocycles. The van der Waals surface area contributed by atoms with Gasteiger partial charge in [-0.05, 0) is 6.92 Å². The summed E-state index contributed by atoms with van der Waals surface area (Å²) in [6.07, 6.45) is 0.264. The van der Waals surface area contributed by atoms with Gasteiger partial charge in [-0.1, -0.05) is 6.92 Å². The Morgan fingerprint density at radius 1 is 1.78 bits per heavy atom. The highest BCUT2D eigenvalue weighted by Crippen LogP contribution is 1.95. The Balaban J connectivity index is 3.34. The second kappa shape index (κ2) is 4.62. The molecule has 0 aromatic rings. The smallest absolute Gasteiger partial charge is 0.305 e. The van der Waals surface area contributed by atoms with Gasteiger partial charge in [0.25, 0.3) is 0 Å². The summed E-state index contributed by atoms with van der Waals surface area (Å²) < 4.78 is 4.78. The summed E-state index contributed by atoms with van der Waals surface area (Å²) in [6, 6.07) is 0. The molecule has 2 nitrogen and oxygen atoms in total. The zero-order chi connectivity index (χ0) is 7.28. The van der Waals surface area contributed by atoms with Crippen LogP contribution in [-0.2, 0) is 9.53 Å². The Hall–Kier alpha value is -0.240. The number of esters is 1. The van der Waals surface area contributed by atoms with E-state index in [0.717, 1.165) is 0 Å². The monoisotopic (exact) mass is 150 g/mol. The fourth-order valence-corrected chi connectivity index (χ4v) is 0.402. The molecule has 1 atom stereocenters. The van der Waals surface area contributed by atoms with E-state index in [2.05, 4.69) is 0 Å². The standard InChI is InChI=1S/C6H11ClO2/c1-3-6(8)9-5(2)4-7/h5H,3-4H2,1-2H3. The molecule has 0 amide bonds. The van der Waals surface area contributed by atoms with Gasteiger partial charge in [0, 0.05) is 6.42 Å². The predicted molar refractivity (Wildman–Crippen MR) is 36.6 cm³/mol. The summed E-state index contributed by atoms with van der Waals surface area (Å²) in [4.78, 5) is 10.5. The van der Waals surface area contributed by atoms with Crippen LogP contribution >= 0.6 is 11.6 Å². The fourth-order valence-electron chi connectivity index (χ4n) is 0.339. The first kappa shape index (κ1) is 8.76. The molecule has 9 heavy (non-hydrogen) atoms. The maximum absolute atomic E-state index is 10.5. The van der Waals surface area contributed by atoms with Gasteiger partial charge in [0.15, 0.2) is 0 Å². The Morgan fingerprint density at radius 3 is 2.67 bits per heavy atom. The summed E-state index contributed by atoms with van der Waals surface area (Å²) >= 11 is 5.38. The summed E-state index contributed by atoms with van der Waals surface area (Å²) in [5.74, 6) is 0.175. The molecule has 3 heteroatoms. The van der Waals surface area contributed by atoms with E-state index in [1.54, 1.807) is 13.8 Å². The first-order valence-electron chi connectivity index (χ1n) is 2.96. The lowest BCUT2D eigenvalue weighted by molar-refractivity contribution is -0.146. The first-order valence-corrected chi connectivity index (χ1v) is 3.49. The molecule has 0 aliphatic rings. The molecular weight excluding hydrogens is 140 g/mol. The van der Waals surface area contributed by atoms with Crippen LogP contribution in [0.25, 0.3) is 0 Å². The SMILES string of the molecule is CCC(=O)OC(C)CCl. The molecule has 0 saturated carbocycles. The minimum absolute atomic E-state index is 0.154. The van der Waals surface area contributed by atoms with E-state index in [-0.39, 0.29) is 12.1 Å². The van der Waals surface area contributed by atoms with Gasteiger partial charge in [-0.2, -0.15) is 0 Å². The van der Waals surface area contributed by atoms with Crippen molar-refractivity contribution in [3.63, 3.8) is 0 Å². The zero-order valence-corrected chi connectivity index (χ0v) is 6.44. The second-order valence-corrected chi connectivity index (χ2v) is 2.12. The summed E-state index contributed by atoms with van der Waals surface area (Å²) in [7, 11) is 0. The van der Waals surface area contributed by atoms with Crippen LogP contribution in [0.15, 0.2) is 0 Å². The molecule has 0 N–H and O–H groups in total. The minimum atomic E-state index is -0.192. The van der Waals surface area contributed by atoms with Crippen molar-refractivity contribution in [2.24, 2.45) is 0 Å². The van der Waals surface area contributed by atoms with Crippen LogP contribution in [0.1, 0.15) is 20.3 Å². The van der Waals surface area contributed by atoms with Gasteiger partial charge in [-0.15, -0.1) is 11.6 Å². The van der Waals surface area contributed by atoms with Gasteiger partial charge in [0.05, 0.1) is 5.88 Å². The highest BCUT2D eigenvalue weighted by Gasteiger charge is 2.03. The fraction of sp³-hybridized carbons (Fsp3) is 0.833. The lowest BCUT2D eigenvalue weighted by Crippen LogP contribution is -2.14. The third-order valence-electron chi connectivity index (χ3n) is 0.839. The summed E-state index contributed by atoms with van der Waals surface area (Å²) in [5.41, 5.74) is 0. The van der Waals surface area contributed by atoms with Crippen LogP contribution in [-0.4, -0.2) is 18.0 Å². The Labute approximate surface area is 60.1 Å². The highest BCUT2D eigenvalue weighted by atomic mass is 35.5. The number of halogens is 1. The molecular formula is C6H11ClO2. The largest absolute Gasteiger partial charge is 0.461 e. The van der Waals surface area contributed by atoms with E-state index in [9.17, 15) is 4.79 Å². The molecule has 0 rings (SSSR count). The Kier molecular flexibility index (Phi) is 4.50. The van der Waals surface area contributed by atoms with Crippen molar-refractivity contribution >= 4 is 17.6 Å². The molecule has 0 aromatic carbocycles. The molecule has 0 aliphatic carbocycles. The predicted octanol–water partition coefficient (Wildman–Crippen LogP) is 1.57. The molecule has 0 saturated heterocycles. The number of ether oxygens (including phenoxy) is 1. The van der Waals surface area contributed by atoms with Crippen LogP contribution in [0, 0.1) is 0 Å². The van der Waals surface area contributed by atoms with Crippen molar-refractivity contribution < 1.29 is 9.53 Å². The van der Waals surface area contributed by atoms with Crippen LogP contribution in [0.4, 0.5) is 0 Å². The molecule has 0 aromatic heterocycles. The molecule has 0 bridgehead atoms. The maximum Gasteiger partial charge on any atom is 0.305 e. The zero-order valence-electron chi connectivity index (χ0n) is 5.69. The van der Waals surface area contributed by atoms with E-state index < -0.39 is 0 Å². The average molecular weight is 151 g/mol. The van der Waals surface area contributed by atoms with Gasteiger partial charge >= 0.3 is 5.97 Å². The van der Waals surface area contributed by atoms with Crippen molar-refractivity contribution in [3.05, 3.63) is 0 Å². The molecule has 54 valence electrons. The highest BCUT2D eigenvalue weighted by molar-refractivity contribution is 6.18. The first-order chi connectivity index (χ1) is 4.20. The van der Waals surface area contributed by atoms with E-state index >= 15 is 0 Å². The van der Waals surface area contributed by atoms with E-state index in [4.69, 9.17) is 16.3 Å². The second-order valence-electron chi connectivity index (χ2n) is 1.81. The van der Waals surface area contributed by atoms with Crippen molar-refractivity contribution in [3.8, 4) is 0 Å². The molecule has 0 heterocycles. The number of carbonyl (C=O) groups is 1. The quantitative estimate of drug-likeness (QED) is 0.451. The van der Waals surface area contributed by atoms with Gasteiger partial charge in [0.1, 0.15) is 6.10 Å². The number of carbonyl (C=O) groups excluding carboxylic acids is 1. The van der Waals surface area contributed by atoms with E-state index in [1.165, 1.54) is 0 Å². The topological polar surface area (TPSA) is 26.3 Å². The van der Waals surface area contributed by atoms with Crippen LogP contribution in [0.3, 0.4) is 0 Å². The lowest BCUT2D eigenvalue weighted by atomic mass is 10.4. The lowest BCUT2D eigenvalue weighted by Gasteiger charge is -2.07. The third kappa shape index (κ3) is 4.28.